The van der Waals surface area contributed by atoms with E-state index in [1.807, 2.05) is 50.2 Å². The van der Waals surface area contributed by atoms with E-state index in [9.17, 15) is 14.7 Å². The number of hydrogen-bond acceptors (Lipinski definition) is 7. The highest BCUT2D eigenvalue weighted by atomic mass is 16.5. The number of carbonyl (C=O) groups is 2. The van der Waals surface area contributed by atoms with E-state index in [-0.39, 0.29) is 11.3 Å². The van der Waals surface area contributed by atoms with Gasteiger partial charge in [0, 0.05) is 31.7 Å². The Morgan fingerprint density at radius 1 is 1.03 bits per heavy atom. The average Bonchev–Trinajstić information content (AvgIpc) is 3.20. The molecule has 8 heteroatoms. The van der Waals surface area contributed by atoms with Crippen molar-refractivity contribution in [3.05, 3.63) is 64.2 Å². The predicted molar refractivity (Wildman–Crippen MR) is 150 cm³/mol. The van der Waals surface area contributed by atoms with Gasteiger partial charge in [-0.25, -0.2) is 0 Å². The van der Waals surface area contributed by atoms with Crippen molar-refractivity contribution < 1.29 is 28.9 Å². The fourth-order valence-electron chi connectivity index (χ4n) is 5.18. The zero-order valence-electron chi connectivity index (χ0n) is 23.5. The Bertz CT molecular complexity index is 1220. The summed E-state index contributed by atoms with van der Waals surface area (Å²) in [7, 11) is 1.57. The molecule has 1 unspecified atom stereocenters. The van der Waals surface area contributed by atoms with Crippen LogP contribution in [0.15, 0.2) is 42.0 Å². The molecule has 8 nitrogen and oxygen atoms in total. The first-order valence-corrected chi connectivity index (χ1v) is 13.8. The second kappa shape index (κ2) is 13.1. The number of hydrogen-bond donors (Lipinski definition) is 1. The Kier molecular flexibility index (Phi) is 9.64. The second-order valence-corrected chi connectivity index (χ2v) is 10.2. The first kappa shape index (κ1) is 28.6. The number of likely N-dealkylation sites (tertiary alicyclic amines) is 1. The number of rotatable bonds is 11. The van der Waals surface area contributed by atoms with Crippen molar-refractivity contribution in [2.45, 2.75) is 46.1 Å². The van der Waals surface area contributed by atoms with Crippen LogP contribution in [0.4, 0.5) is 0 Å². The molecule has 0 radical (unpaired) electrons. The van der Waals surface area contributed by atoms with Crippen molar-refractivity contribution >= 4 is 17.4 Å². The topological polar surface area (TPSA) is 88.5 Å². The minimum Gasteiger partial charge on any atom is -0.507 e. The first-order valence-electron chi connectivity index (χ1n) is 13.8. The van der Waals surface area contributed by atoms with Gasteiger partial charge in [-0.05, 0) is 56.0 Å². The number of nitrogens with zero attached hydrogens (tertiary/aromatic N) is 2. The third-order valence-electron chi connectivity index (χ3n) is 7.42. The minimum atomic E-state index is -0.742. The zero-order valence-corrected chi connectivity index (χ0v) is 23.5. The second-order valence-electron chi connectivity index (χ2n) is 10.2. The fourth-order valence-corrected chi connectivity index (χ4v) is 5.18. The quantitative estimate of drug-likeness (QED) is 0.194. The van der Waals surface area contributed by atoms with Gasteiger partial charge >= 0.3 is 0 Å². The molecule has 0 aliphatic carbocycles. The van der Waals surface area contributed by atoms with Crippen LogP contribution < -0.4 is 9.47 Å². The number of aliphatic hydroxyl groups is 1. The Balaban J connectivity index is 1.73. The Morgan fingerprint density at radius 3 is 2.51 bits per heavy atom. The average molecular weight is 537 g/mol. The molecule has 2 heterocycles. The summed E-state index contributed by atoms with van der Waals surface area (Å²) in [5.74, 6) is -0.302. The van der Waals surface area contributed by atoms with E-state index in [0.717, 1.165) is 43.6 Å². The van der Waals surface area contributed by atoms with Crippen LogP contribution in [0.3, 0.4) is 0 Å². The van der Waals surface area contributed by atoms with Gasteiger partial charge in [0.1, 0.15) is 5.76 Å². The number of benzene rings is 2. The smallest absolute Gasteiger partial charge is 0.295 e. The third kappa shape index (κ3) is 6.45. The van der Waals surface area contributed by atoms with E-state index in [1.165, 1.54) is 0 Å². The number of aryl methyl sites for hydroxylation is 2. The van der Waals surface area contributed by atoms with Gasteiger partial charge < -0.3 is 24.2 Å². The largest absolute Gasteiger partial charge is 0.507 e. The highest BCUT2D eigenvalue weighted by Crippen LogP contribution is 2.42. The Morgan fingerprint density at radius 2 is 1.79 bits per heavy atom. The van der Waals surface area contributed by atoms with Gasteiger partial charge in [0.2, 0.25) is 0 Å². The maximum Gasteiger partial charge on any atom is 0.295 e. The lowest BCUT2D eigenvalue weighted by atomic mass is 9.93. The molecule has 2 aromatic carbocycles. The van der Waals surface area contributed by atoms with Crippen molar-refractivity contribution in [1.29, 1.82) is 0 Å². The zero-order chi connectivity index (χ0) is 27.9. The van der Waals surface area contributed by atoms with Gasteiger partial charge in [0.25, 0.3) is 11.7 Å². The van der Waals surface area contributed by atoms with Gasteiger partial charge in [-0.15, -0.1) is 0 Å². The number of ether oxygens (including phenoxy) is 3. The van der Waals surface area contributed by atoms with Crippen molar-refractivity contribution in [1.82, 2.24) is 9.80 Å². The SMILES string of the molecule is CCCCOc1ccc(C2/C(=C(\O)c3cc(C)ccc3C)C(=O)C(=O)N2CCCN2CCOCC2)cc1OC. The van der Waals surface area contributed by atoms with Crippen LogP contribution in [-0.2, 0) is 14.3 Å². The van der Waals surface area contributed by atoms with Crippen molar-refractivity contribution in [2.75, 3.05) is 53.1 Å². The van der Waals surface area contributed by atoms with E-state index in [2.05, 4.69) is 11.8 Å². The summed E-state index contributed by atoms with van der Waals surface area (Å²) >= 11 is 0. The number of ketones is 1. The number of carbonyl (C=O) groups excluding carboxylic acids is 2. The van der Waals surface area contributed by atoms with Crippen molar-refractivity contribution in [3.8, 4) is 11.5 Å². The number of Topliss-reactive ketones (excluding diaryl/α,β-unsaturated/α-hetero) is 1. The standard InChI is InChI=1S/C31H40N2O6/c1-5-6-16-39-25-11-10-23(20-26(25)37-4)28-27(29(34)24-19-21(2)8-9-22(24)3)30(35)31(36)33(28)13-7-12-32-14-17-38-18-15-32/h8-11,19-20,28,34H,5-7,12-18H2,1-4H3/b29-27+. The van der Waals surface area contributed by atoms with Gasteiger partial charge in [0.15, 0.2) is 11.5 Å². The highest BCUT2D eigenvalue weighted by molar-refractivity contribution is 6.46. The summed E-state index contributed by atoms with van der Waals surface area (Å²) in [6.45, 7) is 10.8. The molecule has 0 saturated carbocycles. The van der Waals surface area contributed by atoms with Gasteiger partial charge in [-0.3, -0.25) is 14.5 Å². The number of unbranched alkanes of at least 4 members (excludes halogenated alkanes) is 1. The normalized spacial score (nSPS) is 19.5. The van der Waals surface area contributed by atoms with Crippen molar-refractivity contribution in [3.63, 3.8) is 0 Å². The van der Waals surface area contributed by atoms with E-state index < -0.39 is 17.7 Å². The molecule has 4 rings (SSSR count). The van der Waals surface area contributed by atoms with Gasteiger partial charge in [-0.2, -0.15) is 0 Å². The maximum absolute atomic E-state index is 13.5. The lowest BCUT2D eigenvalue weighted by Gasteiger charge is -2.29. The first-order chi connectivity index (χ1) is 18.8. The van der Waals surface area contributed by atoms with Gasteiger partial charge in [0.05, 0.1) is 38.5 Å². The van der Waals surface area contributed by atoms with Crippen LogP contribution >= 0.6 is 0 Å². The summed E-state index contributed by atoms with van der Waals surface area (Å²) in [5, 5.41) is 11.5. The fraction of sp³-hybridized carbons (Fsp3) is 0.484. The van der Waals surface area contributed by atoms with Crippen LogP contribution in [0, 0.1) is 13.8 Å². The summed E-state index contributed by atoms with van der Waals surface area (Å²) in [4.78, 5) is 30.8. The van der Waals surface area contributed by atoms with Crippen molar-refractivity contribution in [2.24, 2.45) is 0 Å². The Labute approximate surface area is 231 Å². The Hall–Kier alpha value is -3.36. The molecule has 39 heavy (non-hydrogen) atoms. The van der Waals surface area contributed by atoms with Crippen LogP contribution in [0.2, 0.25) is 0 Å². The molecule has 1 amide bonds. The minimum absolute atomic E-state index is 0.0989. The van der Waals surface area contributed by atoms with E-state index in [1.54, 1.807) is 12.0 Å². The lowest BCUT2D eigenvalue weighted by molar-refractivity contribution is -0.140. The molecule has 0 bridgehead atoms. The summed E-state index contributed by atoms with van der Waals surface area (Å²) in [6.07, 6.45) is 2.63. The predicted octanol–water partition coefficient (Wildman–Crippen LogP) is 4.63. The van der Waals surface area contributed by atoms with E-state index in [0.29, 0.717) is 55.4 Å². The number of methoxy groups -OCH3 is 1. The van der Waals surface area contributed by atoms with E-state index >= 15 is 0 Å². The molecule has 1 atom stereocenters. The summed E-state index contributed by atoms with van der Waals surface area (Å²) in [6, 6.07) is 10.4. The molecule has 2 aliphatic rings. The molecule has 2 aliphatic heterocycles. The molecule has 1 N–H and O–H groups in total. The molecule has 210 valence electrons. The van der Waals surface area contributed by atoms with Crippen LogP contribution in [0.25, 0.3) is 5.76 Å². The molecule has 2 aromatic rings. The lowest BCUT2D eigenvalue weighted by Crippen LogP contribution is -2.39. The van der Waals surface area contributed by atoms with Crippen LogP contribution in [-0.4, -0.2) is 79.7 Å². The number of amides is 1. The molecule has 2 fully saturated rings. The molecular weight excluding hydrogens is 496 g/mol. The third-order valence-corrected chi connectivity index (χ3v) is 7.42. The van der Waals surface area contributed by atoms with E-state index in [4.69, 9.17) is 14.2 Å². The molecular formula is C31H40N2O6. The monoisotopic (exact) mass is 536 g/mol. The molecule has 0 spiro atoms. The maximum atomic E-state index is 13.5. The number of aliphatic hydroxyl groups excluding tert-OH is 1. The van der Waals surface area contributed by atoms with Crippen LogP contribution in [0.1, 0.15) is 54.5 Å². The van der Waals surface area contributed by atoms with Crippen LogP contribution in [0.5, 0.6) is 11.5 Å². The van der Waals surface area contributed by atoms with Gasteiger partial charge in [-0.1, -0.05) is 37.1 Å². The molecule has 0 aromatic heterocycles. The summed E-state index contributed by atoms with van der Waals surface area (Å²) < 4.78 is 17.0. The summed E-state index contributed by atoms with van der Waals surface area (Å²) in [5.41, 5.74) is 3.12. The molecule has 2 saturated heterocycles. The number of morpholine rings is 1. The highest BCUT2D eigenvalue weighted by Gasteiger charge is 2.46.